The van der Waals surface area contributed by atoms with Gasteiger partial charge in [-0.1, -0.05) is 46.3 Å². The van der Waals surface area contributed by atoms with Crippen molar-refractivity contribution in [3.8, 4) is 0 Å². The van der Waals surface area contributed by atoms with E-state index in [4.69, 9.17) is 16.3 Å². The van der Waals surface area contributed by atoms with Crippen molar-refractivity contribution in [2.75, 3.05) is 32.7 Å². The third-order valence-corrected chi connectivity index (χ3v) is 9.25. The van der Waals surface area contributed by atoms with Gasteiger partial charge in [-0.3, -0.25) is 4.79 Å². The number of likely N-dealkylation sites (tertiary alicyclic amines) is 2. The molecule has 0 aromatic heterocycles. The molecule has 1 N–H and O–H groups in total. The molecular formula is C33H44ClFIN3O3. The normalized spacial score (nSPS) is 17.3. The maximum atomic E-state index is 14.2. The second kappa shape index (κ2) is 15.2. The lowest BCUT2D eigenvalue weighted by Crippen LogP contribution is -2.52. The van der Waals surface area contributed by atoms with E-state index in [1.807, 2.05) is 29.2 Å². The molecule has 9 heteroatoms. The highest BCUT2D eigenvalue weighted by molar-refractivity contribution is 14.1. The second-order valence-electron chi connectivity index (χ2n) is 12.5. The zero-order valence-electron chi connectivity index (χ0n) is 25.1. The summed E-state index contributed by atoms with van der Waals surface area (Å²) in [6.07, 6.45) is 5.79. The van der Waals surface area contributed by atoms with Gasteiger partial charge in [-0.2, -0.15) is 0 Å². The number of ether oxygens (including phenoxy) is 1. The Labute approximate surface area is 268 Å². The van der Waals surface area contributed by atoms with Crippen LogP contribution in [-0.4, -0.2) is 66.2 Å². The quantitative estimate of drug-likeness (QED) is 0.208. The highest BCUT2D eigenvalue weighted by Gasteiger charge is 2.32. The van der Waals surface area contributed by atoms with Crippen LogP contribution in [0.3, 0.4) is 0 Å². The molecule has 1 atom stereocenters. The van der Waals surface area contributed by atoms with Crippen molar-refractivity contribution in [3.63, 3.8) is 0 Å². The summed E-state index contributed by atoms with van der Waals surface area (Å²) in [4.78, 5) is 31.0. The molecular weight excluding hydrogens is 668 g/mol. The highest BCUT2D eigenvalue weighted by Crippen LogP contribution is 2.32. The van der Waals surface area contributed by atoms with Gasteiger partial charge >= 0.3 is 6.09 Å². The van der Waals surface area contributed by atoms with Crippen molar-refractivity contribution < 1.29 is 18.7 Å². The number of nitrogens with one attached hydrogen (secondary N) is 1. The number of hydrogen-bond donors (Lipinski definition) is 1. The van der Waals surface area contributed by atoms with E-state index in [-0.39, 0.29) is 17.6 Å². The lowest BCUT2D eigenvalue weighted by atomic mass is 9.85. The van der Waals surface area contributed by atoms with Gasteiger partial charge in [0.1, 0.15) is 17.5 Å². The Kier molecular flexibility index (Phi) is 11.9. The van der Waals surface area contributed by atoms with Crippen molar-refractivity contribution in [2.24, 2.45) is 0 Å². The van der Waals surface area contributed by atoms with Gasteiger partial charge < -0.3 is 19.9 Å². The van der Waals surface area contributed by atoms with Gasteiger partial charge in [-0.05, 0) is 131 Å². The van der Waals surface area contributed by atoms with E-state index in [2.05, 4.69) is 32.8 Å². The number of piperidine rings is 1. The predicted molar refractivity (Wildman–Crippen MR) is 175 cm³/mol. The Balaban J connectivity index is 1.43. The zero-order valence-corrected chi connectivity index (χ0v) is 28.0. The van der Waals surface area contributed by atoms with Crippen molar-refractivity contribution in [2.45, 2.75) is 87.7 Å². The number of halogens is 3. The van der Waals surface area contributed by atoms with Gasteiger partial charge in [0.15, 0.2) is 0 Å². The topological polar surface area (TPSA) is 61.9 Å². The average Bonchev–Trinajstić information content (AvgIpc) is 3.46. The van der Waals surface area contributed by atoms with Crippen molar-refractivity contribution in [1.82, 2.24) is 15.1 Å². The Hall–Kier alpha value is -1.91. The lowest BCUT2D eigenvalue weighted by molar-refractivity contribution is -0.134. The summed E-state index contributed by atoms with van der Waals surface area (Å²) in [7, 11) is 0. The molecule has 0 spiro atoms. The van der Waals surface area contributed by atoms with Gasteiger partial charge in [-0.15, -0.1) is 0 Å². The molecule has 42 heavy (non-hydrogen) atoms. The van der Waals surface area contributed by atoms with E-state index in [9.17, 15) is 14.0 Å². The molecule has 2 aliphatic heterocycles. The number of benzene rings is 2. The summed E-state index contributed by atoms with van der Waals surface area (Å²) in [6, 6.07) is 10.1. The van der Waals surface area contributed by atoms with Crippen LogP contribution in [0.1, 0.15) is 81.0 Å². The number of hydrogen-bond acceptors (Lipinski definition) is 4. The van der Waals surface area contributed by atoms with Crippen LogP contribution in [0.15, 0.2) is 36.4 Å². The maximum absolute atomic E-state index is 14.2. The van der Waals surface area contributed by atoms with Gasteiger partial charge in [0.2, 0.25) is 5.91 Å². The summed E-state index contributed by atoms with van der Waals surface area (Å²) in [5, 5.41) is 3.50. The first kappa shape index (κ1) is 33.0. The minimum Gasteiger partial charge on any atom is -0.444 e. The van der Waals surface area contributed by atoms with Crippen LogP contribution >= 0.6 is 34.2 Å². The van der Waals surface area contributed by atoms with Crippen LogP contribution in [0.4, 0.5) is 9.18 Å². The van der Waals surface area contributed by atoms with Crippen LogP contribution in [0.25, 0.3) is 0 Å². The first-order chi connectivity index (χ1) is 20.0. The zero-order chi connectivity index (χ0) is 30.3. The Morgan fingerprint density at radius 2 is 1.76 bits per heavy atom. The van der Waals surface area contributed by atoms with E-state index in [0.717, 1.165) is 53.3 Å². The smallest absolute Gasteiger partial charge is 0.408 e. The fourth-order valence-electron chi connectivity index (χ4n) is 6.11. The van der Waals surface area contributed by atoms with Gasteiger partial charge in [-0.25, -0.2) is 9.18 Å². The summed E-state index contributed by atoms with van der Waals surface area (Å²) in [6.45, 7) is 9.98. The molecule has 6 nitrogen and oxygen atoms in total. The average molecular weight is 712 g/mol. The molecule has 0 aliphatic carbocycles. The number of carbonyl (C=O) groups is 2. The fourth-order valence-corrected chi connectivity index (χ4v) is 7.01. The molecule has 230 valence electrons. The van der Waals surface area contributed by atoms with Gasteiger partial charge in [0.25, 0.3) is 0 Å². The molecule has 2 aromatic carbocycles. The monoisotopic (exact) mass is 711 g/mol. The summed E-state index contributed by atoms with van der Waals surface area (Å²) in [5.74, 6) is -0.0270. The number of aryl methyl sites for hydroxylation is 1. The standard InChI is InChI=1S/C33H44ClFIN3O3/c1-33(2,3)42-32(41)37-30(21-24-8-9-27(34)19-26(24)22-36)31(40)39-17-12-23(13-18-39)29-11-10-28(35)20-25(29)7-6-16-38-14-4-5-15-38/h8-11,19-20,23,30H,4-7,12-18,21-22H2,1-3H3,(H,37,41)/t30-/m1/s1. The first-order valence-corrected chi connectivity index (χ1v) is 17.0. The minimum absolute atomic E-state index is 0.112. The highest BCUT2D eigenvalue weighted by atomic mass is 127. The first-order valence-electron chi connectivity index (χ1n) is 15.1. The Bertz CT molecular complexity index is 1220. The third kappa shape index (κ3) is 9.55. The molecule has 2 aromatic rings. The molecule has 4 rings (SSSR count). The van der Waals surface area contributed by atoms with Crippen molar-refractivity contribution >= 4 is 46.2 Å². The molecule has 2 heterocycles. The number of amides is 2. The van der Waals surface area contributed by atoms with Crippen LogP contribution in [0.5, 0.6) is 0 Å². The summed E-state index contributed by atoms with van der Waals surface area (Å²) >= 11 is 8.51. The molecule has 0 unspecified atom stereocenters. The second-order valence-corrected chi connectivity index (χ2v) is 13.7. The predicted octanol–water partition coefficient (Wildman–Crippen LogP) is 7.28. The molecule has 2 fully saturated rings. The largest absolute Gasteiger partial charge is 0.444 e. The molecule has 2 aliphatic rings. The van der Waals surface area contributed by atoms with Crippen LogP contribution in [0, 0.1) is 5.82 Å². The fraction of sp³-hybridized carbons (Fsp3) is 0.576. The van der Waals surface area contributed by atoms with E-state index >= 15 is 0 Å². The number of alkyl carbamates (subject to hydrolysis) is 1. The Morgan fingerprint density at radius 1 is 1.05 bits per heavy atom. The number of carbonyl (C=O) groups excluding carboxylic acids is 2. The van der Waals surface area contributed by atoms with Crippen LogP contribution < -0.4 is 5.32 Å². The van der Waals surface area contributed by atoms with Crippen molar-refractivity contribution in [3.05, 3.63) is 69.5 Å². The van der Waals surface area contributed by atoms with E-state index < -0.39 is 17.7 Å². The number of alkyl halides is 1. The van der Waals surface area contributed by atoms with Crippen LogP contribution in [-0.2, 0) is 26.8 Å². The van der Waals surface area contributed by atoms with Gasteiger partial charge in [0.05, 0.1) is 0 Å². The molecule has 0 radical (unpaired) electrons. The Morgan fingerprint density at radius 3 is 2.43 bits per heavy atom. The van der Waals surface area contributed by atoms with E-state index in [1.165, 1.54) is 31.5 Å². The van der Waals surface area contributed by atoms with E-state index in [0.29, 0.717) is 24.5 Å². The minimum atomic E-state index is -0.758. The van der Waals surface area contributed by atoms with Crippen LogP contribution in [0.2, 0.25) is 5.02 Å². The van der Waals surface area contributed by atoms with Gasteiger partial charge in [0, 0.05) is 29.0 Å². The molecule has 2 saturated heterocycles. The maximum Gasteiger partial charge on any atom is 0.408 e. The summed E-state index contributed by atoms with van der Waals surface area (Å²) in [5.41, 5.74) is 3.64. The molecule has 0 bridgehead atoms. The number of rotatable bonds is 10. The van der Waals surface area contributed by atoms with Crippen molar-refractivity contribution in [1.29, 1.82) is 0 Å². The molecule has 2 amide bonds. The van der Waals surface area contributed by atoms with E-state index in [1.54, 1.807) is 32.9 Å². The lowest BCUT2D eigenvalue weighted by Gasteiger charge is -2.35. The SMILES string of the molecule is CC(C)(C)OC(=O)N[C@H](Cc1ccc(Cl)cc1CI)C(=O)N1CCC(c2ccc(F)cc2CCCN2CCCC2)CC1. The summed E-state index contributed by atoms with van der Waals surface area (Å²) < 4.78 is 20.5. The molecule has 0 saturated carbocycles. The third-order valence-electron chi connectivity index (χ3n) is 8.20. The number of nitrogens with zero attached hydrogens (tertiary/aromatic N) is 2.